The van der Waals surface area contributed by atoms with Crippen LogP contribution in [0.3, 0.4) is 0 Å². The summed E-state index contributed by atoms with van der Waals surface area (Å²) in [5.41, 5.74) is 7.55. The Labute approximate surface area is 256 Å². The van der Waals surface area contributed by atoms with E-state index in [9.17, 15) is 33.9 Å². The molecule has 13 nitrogen and oxygen atoms in total. The van der Waals surface area contributed by atoms with Gasteiger partial charge in [-0.25, -0.2) is 4.79 Å². The average molecular weight is 611 g/mol. The standard InChI is InChI=1S/C31H42N6O7/c1-4-19(2)27(37-26(39)18-34-29(41)23(32)15-21-11-7-5-8-12-21)30(42)35-20(3)28(40)33-17-25(38)36-24(31(43)44)16-22-13-9-6-10-14-22/h5-14,19-20,23-24,27H,4,15-18,32H2,1-3H3,(H,33,40)(H,34,41)(H,35,42)(H,36,38)(H,37,39)(H,43,44)/t19-,20-,23-,24-,27-/m0/s1. The van der Waals surface area contributed by atoms with Crippen LogP contribution in [0.25, 0.3) is 0 Å². The SMILES string of the molecule is CC[C@H](C)[C@H](NC(=O)CNC(=O)[C@@H](N)Cc1ccccc1)C(=O)N[C@@H](C)C(=O)NCC(=O)N[C@@H](Cc1ccccc1)C(=O)O. The van der Waals surface area contributed by atoms with Gasteiger partial charge in [0.2, 0.25) is 29.5 Å². The van der Waals surface area contributed by atoms with Crippen LogP contribution < -0.4 is 32.3 Å². The van der Waals surface area contributed by atoms with Gasteiger partial charge in [-0.15, -0.1) is 0 Å². The van der Waals surface area contributed by atoms with Crippen molar-refractivity contribution in [3.8, 4) is 0 Å². The van der Waals surface area contributed by atoms with E-state index in [2.05, 4.69) is 26.6 Å². The molecule has 0 aromatic heterocycles. The van der Waals surface area contributed by atoms with E-state index in [1.807, 2.05) is 37.3 Å². The monoisotopic (exact) mass is 610 g/mol. The number of nitrogens with two attached hydrogens (primary N) is 1. The Morgan fingerprint density at radius 3 is 1.73 bits per heavy atom. The first-order valence-corrected chi connectivity index (χ1v) is 14.4. The molecule has 0 heterocycles. The number of carboxylic acid groups (broad SMARTS) is 1. The molecule has 5 amide bonds. The molecule has 0 fully saturated rings. The number of amides is 5. The summed E-state index contributed by atoms with van der Waals surface area (Å²) in [6.07, 6.45) is 0.887. The predicted octanol–water partition coefficient (Wildman–Crippen LogP) is -0.363. The van der Waals surface area contributed by atoms with Gasteiger partial charge in [0.15, 0.2) is 0 Å². The molecule has 0 bridgehead atoms. The van der Waals surface area contributed by atoms with Crippen LogP contribution in [0, 0.1) is 5.92 Å². The second kappa shape index (κ2) is 18.0. The summed E-state index contributed by atoms with van der Waals surface area (Å²) in [4.78, 5) is 74.5. The summed E-state index contributed by atoms with van der Waals surface area (Å²) in [6.45, 7) is 4.09. The molecule has 5 atom stereocenters. The topological polar surface area (TPSA) is 209 Å². The van der Waals surface area contributed by atoms with Crippen molar-refractivity contribution in [2.75, 3.05) is 13.1 Å². The Morgan fingerprint density at radius 1 is 0.705 bits per heavy atom. The van der Waals surface area contributed by atoms with Crippen molar-refractivity contribution < 1.29 is 33.9 Å². The normalized spacial score (nSPS) is 14.1. The third kappa shape index (κ3) is 12.2. The van der Waals surface area contributed by atoms with E-state index in [1.165, 1.54) is 6.92 Å². The number of carbonyl (C=O) groups is 6. The fourth-order valence-corrected chi connectivity index (χ4v) is 4.17. The molecule has 0 unspecified atom stereocenters. The molecule has 0 saturated heterocycles. The van der Waals surface area contributed by atoms with Gasteiger partial charge in [0, 0.05) is 6.42 Å². The van der Waals surface area contributed by atoms with Crippen molar-refractivity contribution in [3.05, 3.63) is 71.8 Å². The van der Waals surface area contributed by atoms with Gasteiger partial charge in [-0.1, -0.05) is 80.9 Å². The van der Waals surface area contributed by atoms with Gasteiger partial charge < -0.3 is 37.4 Å². The Hall–Kier alpha value is -4.78. The fourth-order valence-electron chi connectivity index (χ4n) is 4.17. The minimum atomic E-state index is -1.22. The van der Waals surface area contributed by atoms with Crippen LogP contribution >= 0.6 is 0 Å². The largest absolute Gasteiger partial charge is 0.480 e. The molecule has 0 aliphatic heterocycles. The van der Waals surface area contributed by atoms with Gasteiger partial charge in [0.05, 0.1) is 19.1 Å². The molecule has 2 aromatic carbocycles. The molecule has 238 valence electrons. The van der Waals surface area contributed by atoms with Gasteiger partial charge in [-0.2, -0.15) is 0 Å². The molecule has 0 aliphatic rings. The number of carbonyl (C=O) groups excluding carboxylic acids is 5. The zero-order chi connectivity index (χ0) is 32.6. The molecular formula is C31H42N6O7. The molecule has 0 saturated carbocycles. The molecule has 0 radical (unpaired) electrons. The highest BCUT2D eigenvalue weighted by Gasteiger charge is 2.29. The zero-order valence-electron chi connectivity index (χ0n) is 25.2. The van der Waals surface area contributed by atoms with Crippen molar-refractivity contribution in [2.24, 2.45) is 11.7 Å². The first-order valence-electron chi connectivity index (χ1n) is 14.4. The summed E-state index contributed by atoms with van der Waals surface area (Å²) in [5.74, 6) is -4.68. The quantitative estimate of drug-likeness (QED) is 0.125. The number of hydrogen-bond acceptors (Lipinski definition) is 7. The van der Waals surface area contributed by atoms with Gasteiger partial charge in [0.25, 0.3) is 0 Å². The Bertz CT molecular complexity index is 1270. The summed E-state index contributed by atoms with van der Waals surface area (Å²) < 4.78 is 0. The highest BCUT2D eigenvalue weighted by Crippen LogP contribution is 2.09. The van der Waals surface area contributed by atoms with E-state index in [4.69, 9.17) is 5.73 Å². The summed E-state index contributed by atoms with van der Waals surface area (Å²) in [7, 11) is 0. The van der Waals surface area contributed by atoms with Crippen LogP contribution in [0.1, 0.15) is 38.3 Å². The van der Waals surface area contributed by atoms with E-state index in [1.54, 1.807) is 37.3 Å². The lowest BCUT2D eigenvalue weighted by atomic mass is 9.98. The number of hydrogen-bond donors (Lipinski definition) is 7. The molecule has 2 rings (SSSR count). The second-order valence-corrected chi connectivity index (χ2v) is 10.5. The number of nitrogens with one attached hydrogen (secondary N) is 5. The zero-order valence-corrected chi connectivity index (χ0v) is 25.2. The first kappa shape index (κ1) is 35.4. The van der Waals surface area contributed by atoms with Crippen molar-refractivity contribution >= 4 is 35.5 Å². The van der Waals surface area contributed by atoms with Crippen molar-refractivity contribution in [1.29, 1.82) is 0 Å². The van der Waals surface area contributed by atoms with Crippen LogP contribution in [0.15, 0.2) is 60.7 Å². The molecule has 8 N–H and O–H groups in total. The van der Waals surface area contributed by atoms with Gasteiger partial charge >= 0.3 is 5.97 Å². The third-order valence-electron chi connectivity index (χ3n) is 6.96. The number of rotatable bonds is 17. The van der Waals surface area contributed by atoms with E-state index >= 15 is 0 Å². The van der Waals surface area contributed by atoms with Crippen LogP contribution in [-0.4, -0.2) is 77.9 Å². The maximum absolute atomic E-state index is 13.0. The maximum atomic E-state index is 13.0. The van der Waals surface area contributed by atoms with E-state index in [0.717, 1.165) is 11.1 Å². The van der Waals surface area contributed by atoms with Crippen LogP contribution in [0.4, 0.5) is 0 Å². The summed E-state index contributed by atoms with van der Waals surface area (Å²) >= 11 is 0. The molecule has 0 aliphatic carbocycles. The minimum absolute atomic E-state index is 0.0647. The summed E-state index contributed by atoms with van der Waals surface area (Å²) in [5, 5.41) is 21.8. The molecule has 0 spiro atoms. The summed E-state index contributed by atoms with van der Waals surface area (Å²) in [6, 6.07) is 13.8. The van der Waals surface area contributed by atoms with Crippen molar-refractivity contribution in [2.45, 2.75) is 64.2 Å². The maximum Gasteiger partial charge on any atom is 0.326 e. The average Bonchev–Trinajstić information content (AvgIpc) is 3.01. The fraction of sp³-hybridized carbons (Fsp3) is 0.419. The molecule has 13 heteroatoms. The van der Waals surface area contributed by atoms with Gasteiger partial charge in [-0.3, -0.25) is 24.0 Å². The second-order valence-electron chi connectivity index (χ2n) is 10.5. The number of aliphatic carboxylic acids is 1. The van der Waals surface area contributed by atoms with Crippen LogP contribution in [0.5, 0.6) is 0 Å². The van der Waals surface area contributed by atoms with E-state index < -0.39 is 72.8 Å². The number of benzene rings is 2. The van der Waals surface area contributed by atoms with E-state index in [0.29, 0.717) is 12.8 Å². The third-order valence-corrected chi connectivity index (χ3v) is 6.96. The van der Waals surface area contributed by atoms with Gasteiger partial charge in [-0.05, 0) is 30.4 Å². The number of carboxylic acids is 1. The Morgan fingerprint density at radius 2 is 1.20 bits per heavy atom. The molecule has 44 heavy (non-hydrogen) atoms. The smallest absolute Gasteiger partial charge is 0.326 e. The lowest BCUT2D eigenvalue weighted by Gasteiger charge is -2.25. The van der Waals surface area contributed by atoms with Crippen molar-refractivity contribution in [3.63, 3.8) is 0 Å². The molecule has 2 aromatic rings. The predicted molar refractivity (Wildman–Crippen MR) is 163 cm³/mol. The Balaban J connectivity index is 1.84. The lowest BCUT2D eigenvalue weighted by molar-refractivity contribution is -0.141. The minimum Gasteiger partial charge on any atom is -0.480 e. The van der Waals surface area contributed by atoms with E-state index in [-0.39, 0.29) is 12.3 Å². The molecular weight excluding hydrogens is 568 g/mol. The highest BCUT2D eigenvalue weighted by atomic mass is 16.4. The van der Waals surface area contributed by atoms with Crippen LogP contribution in [-0.2, 0) is 41.6 Å². The van der Waals surface area contributed by atoms with Crippen LogP contribution in [0.2, 0.25) is 0 Å². The first-order chi connectivity index (χ1) is 20.9. The van der Waals surface area contributed by atoms with Gasteiger partial charge in [0.1, 0.15) is 18.1 Å². The Kier molecular flexibility index (Phi) is 14.5. The lowest BCUT2D eigenvalue weighted by Crippen LogP contribution is -2.57. The highest BCUT2D eigenvalue weighted by molar-refractivity contribution is 5.94. The van der Waals surface area contributed by atoms with Crippen molar-refractivity contribution in [1.82, 2.24) is 26.6 Å².